The number of carbonyl (C=O) groups excluding carboxylic acids is 1. The van der Waals surface area contributed by atoms with Crippen LogP contribution in [-0.2, 0) is 9.53 Å². The normalized spacial score (nSPS) is 23.0. The van der Waals surface area contributed by atoms with Gasteiger partial charge in [-0.2, -0.15) is 0 Å². The highest BCUT2D eigenvalue weighted by Crippen LogP contribution is 2.45. The molecule has 1 atom stereocenters. The van der Waals surface area contributed by atoms with Gasteiger partial charge in [-0.15, -0.1) is 0 Å². The smallest absolute Gasteiger partial charge is 0.244 e. The molecule has 4 nitrogen and oxygen atoms in total. The zero-order valence-corrected chi connectivity index (χ0v) is 12.7. The van der Waals surface area contributed by atoms with Gasteiger partial charge in [0.05, 0.1) is 0 Å². The minimum Gasteiger partial charge on any atom is -0.385 e. The Morgan fingerprint density at radius 3 is 2.67 bits per heavy atom. The van der Waals surface area contributed by atoms with E-state index in [-0.39, 0.29) is 11.7 Å². The molecule has 21 heavy (non-hydrogen) atoms. The summed E-state index contributed by atoms with van der Waals surface area (Å²) < 4.78 is 5.08. The standard InChI is InChI=1S/C17H24N2O2/c1-21-13-7-3-6-12-19-15(14-8-4-2-5-9-14)18-17(10-11-17)16(19)20/h2,4-5,8-9,15,18H,3,6-7,10-13H2,1H3. The SMILES string of the molecule is COCCCCCN1C(=O)C2(CC2)NC1c1ccccc1. The molecule has 3 rings (SSSR count). The van der Waals surface area contributed by atoms with Gasteiger partial charge in [-0.1, -0.05) is 30.3 Å². The summed E-state index contributed by atoms with van der Waals surface area (Å²) in [5, 5.41) is 3.56. The van der Waals surface area contributed by atoms with Gasteiger partial charge in [0.1, 0.15) is 11.7 Å². The molecule has 0 bridgehead atoms. The van der Waals surface area contributed by atoms with E-state index in [1.54, 1.807) is 7.11 Å². The predicted octanol–water partition coefficient (Wildman–Crippen LogP) is 2.47. The van der Waals surface area contributed by atoms with Crippen molar-refractivity contribution < 1.29 is 9.53 Å². The summed E-state index contributed by atoms with van der Waals surface area (Å²) in [4.78, 5) is 14.7. The van der Waals surface area contributed by atoms with Crippen LogP contribution in [0.1, 0.15) is 43.8 Å². The quantitative estimate of drug-likeness (QED) is 0.784. The van der Waals surface area contributed by atoms with Gasteiger partial charge in [-0.3, -0.25) is 10.1 Å². The molecular weight excluding hydrogens is 264 g/mol. The van der Waals surface area contributed by atoms with Gasteiger partial charge in [-0.25, -0.2) is 0 Å². The molecule has 0 aromatic heterocycles. The van der Waals surface area contributed by atoms with Crippen LogP contribution in [0.5, 0.6) is 0 Å². The molecule has 1 heterocycles. The first kappa shape index (κ1) is 14.5. The van der Waals surface area contributed by atoms with Gasteiger partial charge >= 0.3 is 0 Å². The zero-order valence-electron chi connectivity index (χ0n) is 12.7. The molecule has 1 unspecified atom stereocenters. The van der Waals surface area contributed by atoms with Gasteiger partial charge in [0.25, 0.3) is 0 Å². The number of carbonyl (C=O) groups is 1. The third-order valence-electron chi connectivity index (χ3n) is 4.51. The van der Waals surface area contributed by atoms with Crippen LogP contribution < -0.4 is 5.32 Å². The highest BCUT2D eigenvalue weighted by molar-refractivity contribution is 5.92. The Kier molecular flexibility index (Phi) is 4.27. The van der Waals surface area contributed by atoms with Crippen molar-refractivity contribution in [3.63, 3.8) is 0 Å². The monoisotopic (exact) mass is 288 g/mol. The lowest BCUT2D eigenvalue weighted by molar-refractivity contribution is -0.130. The maximum Gasteiger partial charge on any atom is 0.244 e. The highest BCUT2D eigenvalue weighted by Gasteiger charge is 2.59. The largest absolute Gasteiger partial charge is 0.385 e. The lowest BCUT2D eigenvalue weighted by Gasteiger charge is -2.24. The van der Waals surface area contributed by atoms with E-state index in [4.69, 9.17) is 4.74 Å². The first-order valence-electron chi connectivity index (χ1n) is 7.89. The van der Waals surface area contributed by atoms with Gasteiger partial charge in [-0.05, 0) is 37.7 Å². The number of benzene rings is 1. The number of nitrogens with one attached hydrogen (secondary N) is 1. The van der Waals surface area contributed by atoms with Crippen molar-refractivity contribution in [1.82, 2.24) is 10.2 Å². The Balaban J connectivity index is 1.65. The average Bonchev–Trinajstić information content (AvgIpc) is 3.25. The van der Waals surface area contributed by atoms with Crippen LogP contribution in [0.15, 0.2) is 30.3 Å². The maximum atomic E-state index is 12.6. The Bertz CT molecular complexity index is 485. The Morgan fingerprint density at radius 2 is 2.00 bits per heavy atom. The Labute approximate surface area is 126 Å². The van der Waals surface area contributed by atoms with Crippen LogP contribution >= 0.6 is 0 Å². The molecule has 1 saturated carbocycles. The number of unbranched alkanes of at least 4 members (excludes halogenated alkanes) is 2. The zero-order chi connectivity index (χ0) is 14.7. The fourth-order valence-electron chi connectivity index (χ4n) is 3.11. The highest BCUT2D eigenvalue weighted by atomic mass is 16.5. The molecule has 1 aliphatic carbocycles. The van der Waals surface area contributed by atoms with Gasteiger partial charge in [0.15, 0.2) is 0 Å². The Morgan fingerprint density at radius 1 is 1.24 bits per heavy atom. The van der Waals surface area contributed by atoms with E-state index < -0.39 is 0 Å². The molecule has 1 amide bonds. The molecule has 2 aliphatic rings. The summed E-state index contributed by atoms with van der Waals surface area (Å²) in [6.07, 6.45) is 5.21. The molecule has 1 aromatic rings. The first-order valence-corrected chi connectivity index (χ1v) is 7.89. The van der Waals surface area contributed by atoms with Crippen LogP contribution in [0.3, 0.4) is 0 Å². The molecule has 1 aromatic carbocycles. The maximum absolute atomic E-state index is 12.6. The molecule has 1 saturated heterocycles. The predicted molar refractivity (Wildman–Crippen MR) is 81.7 cm³/mol. The number of ether oxygens (including phenoxy) is 1. The topological polar surface area (TPSA) is 41.6 Å². The lowest BCUT2D eigenvalue weighted by atomic mass is 10.1. The second kappa shape index (κ2) is 6.16. The van der Waals surface area contributed by atoms with Gasteiger partial charge < -0.3 is 9.64 Å². The van der Waals surface area contributed by atoms with Crippen molar-refractivity contribution in [3.05, 3.63) is 35.9 Å². The van der Waals surface area contributed by atoms with Gasteiger partial charge in [0.2, 0.25) is 5.91 Å². The van der Waals surface area contributed by atoms with Crippen LogP contribution in [0, 0.1) is 0 Å². The van der Waals surface area contributed by atoms with Crippen molar-refractivity contribution in [2.75, 3.05) is 20.3 Å². The van der Waals surface area contributed by atoms with Crippen molar-refractivity contribution >= 4 is 5.91 Å². The minimum atomic E-state index is -0.243. The number of hydrogen-bond acceptors (Lipinski definition) is 3. The van der Waals surface area contributed by atoms with Crippen molar-refractivity contribution in [3.8, 4) is 0 Å². The average molecular weight is 288 g/mol. The van der Waals surface area contributed by atoms with E-state index in [1.165, 1.54) is 5.56 Å². The van der Waals surface area contributed by atoms with E-state index >= 15 is 0 Å². The third-order valence-corrected chi connectivity index (χ3v) is 4.51. The second-order valence-corrected chi connectivity index (χ2v) is 6.09. The molecule has 114 valence electrons. The fraction of sp³-hybridized carbons (Fsp3) is 0.588. The summed E-state index contributed by atoms with van der Waals surface area (Å²) in [5.41, 5.74) is 0.944. The molecule has 2 fully saturated rings. The molecular formula is C17H24N2O2. The van der Waals surface area contributed by atoms with E-state index in [9.17, 15) is 4.79 Å². The van der Waals surface area contributed by atoms with E-state index in [1.807, 2.05) is 23.1 Å². The first-order chi connectivity index (χ1) is 10.3. The summed E-state index contributed by atoms with van der Waals surface area (Å²) >= 11 is 0. The molecule has 0 radical (unpaired) electrons. The van der Waals surface area contributed by atoms with E-state index in [2.05, 4.69) is 17.4 Å². The summed E-state index contributed by atoms with van der Waals surface area (Å²) in [6, 6.07) is 10.3. The number of hydrogen-bond donors (Lipinski definition) is 1. The van der Waals surface area contributed by atoms with Crippen LogP contribution in [0.4, 0.5) is 0 Å². The van der Waals surface area contributed by atoms with Crippen molar-refractivity contribution in [1.29, 1.82) is 0 Å². The van der Waals surface area contributed by atoms with Crippen LogP contribution in [0.25, 0.3) is 0 Å². The van der Waals surface area contributed by atoms with E-state index in [0.717, 1.165) is 45.3 Å². The molecule has 1 aliphatic heterocycles. The second-order valence-electron chi connectivity index (χ2n) is 6.09. The number of nitrogens with zero attached hydrogens (tertiary/aromatic N) is 1. The molecule has 1 spiro atoms. The van der Waals surface area contributed by atoms with Crippen molar-refractivity contribution in [2.24, 2.45) is 0 Å². The molecule has 1 N–H and O–H groups in total. The van der Waals surface area contributed by atoms with E-state index in [0.29, 0.717) is 5.91 Å². The van der Waals surface area contributed by atoms with Crippen LogP contribution in [0.2, 0.25) is 0 Å². The summed E-state index contributed by atoms with van der Waals surface area (Å²) in [7, 11) is 1.73. The summed E-state index contributed by atoms with van der Waals surface area (Å²) in [6.45, 7) is 1.63. The fourth-order valence-corrected chi connectivity index (χ4v) is 3.11. The lowest BCUT2D eigenvalue weighted by Crippen LogP contribution is -2.33. The number of amides is 1. The van der Waals surface area contributed by atoms with Crippen molar-refractivity contribution in [2.45, 2.75) is 43.8 Å². The third kappa shape index (κ3) is 2.97. The van der Waals surface area contributed by atoms with Gasteiger partial charge in [0, 0.05) is 20.3 Å². The van der Waals surface area contributed by atoms with Crippen LogP contribution in [-0.4, -0.2) is 36.6 Å². The number of methoxy groups -OCH3 is 1. The summed E-state index contributed by atoms with van der Waals surface area (Å²) in [5.74, 6) is 0.295. The molecule has 4 heteroatoms. The Hall–Kier alpha value is -1.39. The number of rotatable bonds is 7. The minimum absolute atomic E-state index is 0.0450.